The summed E-state index contributed by atoms with van der Waals surface area (Å²) in [6.45, 7) is 5.06. The quantitative estimate of drug-likeness (QED) is 0.882. The molecule has 2 rings (SSSR count). The SMILES string of the molecule is CCC(CC)(OC)c1nc2c(c(=O)[nH]1)COCC2. The van der Waals surface area contributed by atoms with E-state index in [9.17, 15) is 4.79 Å². The number of hydrogen-bond acceptors (Lipinski definition) is 4. The second-order valence-electron chi connectivity index (χ2n) is 4.55. The maximum absolute atomic E-state index is 12.0. The fraction of sp³-hybridized carbons (Fsp3) is 0.692. The second-order valence-corrected chi connectivity index (χ2v) is 4.55. The van der Waals surface area contributed by atoms with Crippen LogP contribution in [0, 0.1) is 0 Å². The van der Waals surface area contributed by atoms with Gasteiger partial charge in [0.05, 0.1) is 24.5 Å². The molecule has 18 heavy (non-hydrogen) atoms. The molecule has 0 saturated carbocycles. The Morgan fingerprint density at radius 2 is 2.17 bits per heavy atom. The van der Waals surface area contributed by atoms with E-state index in [0.29, 0.717) is 31.0 Å². The van der Waals surface area contributed by atoms with Crippen LogP contribution < -0.4 is 5.56 Å². The standard InChI is InChI=1S/C13H20N2O3/c1-4-13(5-2,17-3)12-14-10-6-7-18-8-9(10)11(16)15-12/h4-8H2,1-3H3,(H,14,15,16). The molecule has 1 aromatic heterocycles. The fourth-order valence-corrected chi connectivity index (χ4v) is 2.43. The van der Waals surface area contributed by atoms with Crippen molar-refractivity contribution >= 4 is 0 Å². The van der Waals surface area contributed by atoms with E-state index in [1.54, 1.807) is 7.11 Å². The van der Waals surface area contributed by atoms with Gasteiger partial charge in [0.15, 0.2) is 0 Å². The highest BCUT2D eigenvalue weighted by Crippen LogP contribution is 2.29. The van der Waals surface area contributed by atoms with Gasteiger partial charge < -0.3 is 14.5 Å². The van der Waals surface area contributed by atoms with Crippen LogP contribution in [0.25, 0.3) is 0 Å². The molecule has 0 radical (unpaired) electrons. The number of nitrogens with zero attached hydrogens (tertiary/aromatic N) is 1. The highest BCUT2D eigenvalue weighted by molar-refractivity contribution is 5.21. The molecule has 0 bridgehead atoms. The minimum Gasteiger partial charge on any atom is -0.376 e. The lowest BCUT2D eigenvalue weighted by molar-refractivity contribution is -0.0298. The Labute approximate surface area is 107 Å². The summed E-state index contributed by atoms with van der Waals surface area (Å²) in [6.07, 6.45) is 2.25. The van der Waals surface area contributed by atoms with Gasteiger partial charge in [0.25, 0.3) is 5.56 Å². The van der Waals surface area contributed by atoms with Crippen molar-refractivity contribution in [3.05, 3.63) is 27.4 Å². The zero-order valence-electron chi connectivity index (χ0n) is 11.2. The zero-order valence-corrected chi connectivity index (χ0v) is 11.2. The largest absolute Gasteiger partial charge is 0.376 e. The molecule has 1 aliphatic heterocycles. The molecule has 100 valence electrons. The van der Waals surface area contributed by atoms with Crippen LogP contribution in [0.15, 0.2) is 4.79 Å². The summed E-state index contributed by atoms with van der Waals surface area (Å²) in [7, 11) is 1.66. The Morgan fingerprint density at radius 1 is 1.44 bits per heavy atom. The van der Waals surface area contributed by atoms with Gasteiger partial charge in [-0.05, 0) is 12.8 Å². The maximum atomic E-state index is 12.0. The average molecular weight is 252 g/mol. The molecule has 0 aromatic carbocycles. The van der Waals surface area contributed by atoms with Crippen molar-refractivity contribution in [3.63, 3.8) is 0 Å². The average Bonchev–Trinajstić information content (AvgIpc) is 2.42. The second kappa shape index (κ2) is 5.20. The number of methoxy groups -OCH3 is 1. The Kier molecular flexibility index (Phi) is 3.82. The van der Waals surface area contributed by atoms with E-state index in [4.69, 9.17) is 9.47 Å². The molecule has 1 N–H and O–H groups in total. The predicted octanol–water partition coefficient (Wildman–Crippen LogP) is 1.50. The first-order valence-corrected chi connectivity index (χ1v) is 6.42. The number of H-pyrrole nitrogens is 1. The van der Waals surface area contributed by atoms with Gasteiger partial charge in [-0.15, -0.1) is 0 Å². The first-order valence-electron chi connectivity index (χ1n) is 6.42. The third-order valence-electron chi connectivity index (χ3n) is 3.80. The molecule has 0 atom stereocenters. The van der Waals surface area contributed by atoms with Crippen LogP contribution in [0.5, 0.6) is 0 Å². The van der Waals surface area contributed by atoms with Crippen LogP contribution >= 0.6 is 0 Å². The lowest BCUT2D eigenvalue weighted by Crippen LogP contribution is -2.35. The van der Waals surface area contributed by atoms with E-state index in [1.807, 2.05) is 13.8 Å². The summed E-state index contributed by atoms with van der Waals surface area (Å²) >= 11 is 0. The molecule has 1 aromatic rings. The minimum absolute atomic E-state index is 0.0991. The summed E-state index contributed by atoms with van der Waals surface area (Å²) in [5, 5.41) is 0. The van der Waals surface area contributed by atoms with Gasteiger partial charge in [-0.3, -0.25) is 4.79 Å². The third-order valence-corrected chi connectivity index (χ3v) is 3.80. The van der Waals surface area contributed by atoms with E-state index in [0.717, 1.165) is 18.5 Å². The third kappa shape index (κ3) is 2.08. The van der Waals surface area contributed by atoms with Gasteiger partial charge in [0.1, 0.15) is 11.4 Å². The van der Waals surface area contributed by atoms with Crippen molar-refractivity contribution in [2.24, 2.45) is 0 Å². The highest BCUT2D eigenvalue weighted by Gasteiger charge is 2.32. The number of aromatic nitrogens is 2. The number of nitrogens with one attached hydrogen (secondary N) is 1. The molecule has 2 heterocycles. The number of aromatic amines is 1. The molecule has 0 spiro atoms. The normalized spacial score (nSPS) is 15.5. The molecule has 0 unspecified atom stereocenters. The van der Waals surface area contributed by atoms with Crippen LogP contribution in [0.3, 0.4) is 0 Å². The molecule has 0 fully saturated rings. The van der Waals surface area contributed by atoms with Crippen LogP contribution in [-0.4, -0.2) is 23.7 Å². The smallest absolute Gasteiger partial charge is 0.256 e. The summed E-state index contributed by atoms with van der Waals surface area (Å²) in [6, 6.07) is 0. The van der Waals surface area contributed by atoms with E-state index < -0.39 is 5.60 Å². The lowest BCUT2D eigenvalue weighted by Gasteiger charge is -2.30. The molecule has 1 aliphatic rings. The van der Waals surface area contributed by atoms with E-state index in [1.165, 1.54) is 0 Å². The molecule has 0 amide bonds. The molecular formula is C13H20N2O3. The molecule has 0 saturated heterocycles. The first kappa shape index (κ1) is 13.2. The Morgan fingerprint density at radius 3 is 2.78 bits per heavy atom. The zero-order chi connectivity index (χ0) is 13.2. The predicted molar refractivity (Wildman–Crippen MR) is 67.5 cm³/mol. The fourth-order valence-electron chi connectivity index (χ4n) is 2.43. The van der Waals surface area contributed by atoms with Crippen molar-refractivity contribution < 1.29 is 9.47 Å². The summed E-state index contributed by atoms with van der Waals surface area (Å²) in [5.74, 6) is 0.639. The summed E-state index contributed by atoms with van der Waals surface area (Å²) < 4.78 is 10.9. The molecule has 5 nitrogen and oxygen atoms in total. The van der Waals surface area contributed by atoms with Crippen molar-refractivity contribution in [1.29, 1.82) is 0 Å². The van der Waals surface area contributed by atoms with Crippen LogP contribution in [0.2, 0.25) is 0 Å². The van der Waals surface area contributed by atoms with Crippen molar-refractivity contribution in [3.8, 4) is 0 Å². The van der Waals surface area contributed by atoms with Crippen LogP contribution in [-0.2, 0) is 28.1 Å². The van der Waals surface area contributed by atoms with Crippen molar-refractivity contribution in [2.75, 3.05) is 13.7 Å². The van der Waals surface area contributed by atoms with Gasteiger partial charge >= 0.3 is 0 Å². The molecule has 0 aliphatic carbocycles. The van der Waals surface area contributed by atoms with Gasteiger partial charge in [0, 0.05) is 13.5 Å². The van der Waals surface area contributed by atoms with Crippen LogP contribution in [0.4, 0.5) is 0 Å². The van der Waals surface area contributed by atoms with E-state index in [-0.39, 0.29) is 5.56 Å². The Hall–Kier alpha value is -1.20. The van der Waals surface area contributed by atoms with Gasteiger partial charge in [-0.25, -0.2) is 4.98 Å². The molecular weight excluding hydrogens is 232 g/mol. The minimum atomic E-state index is -0.494. The first-order chi connectivity index (χ1) is 8.66. The summed E-state index contributed by atoms with van der Waals surface area (Å²) in [4.78, 5) is 19.5. The maximum Gasteiger partial charge on any atom is 0.256 e. The summed E-state index contributed by atoms with van der Waals surface area (Å²) in [5.41, 5.74) is 0.913. The number of rotatable bonds is 4. The van der Waals surface area contributed by atoms with Crippen LogP contribution in [0.1, 0.15) is 43.8 Å². The number of hydrogen-bond donors (Lipinski definition) is 1. The number of fused-ring (bicyclic) bond motifs is 1. The van der Waals surface area contributed by atoms with Crippen molar-refractivity contribution in [2.45, 2.75) is 45.3 Å². The number of ether oxygens (including phenoxy) is 2. The highest BCUT2D eigenvalue weighted by atomic mass is 16.5. The van der Waals surface area contributed by atoms with E-state index in [2.05, 4.69) is 9.97 Å². The van der Waals surface area contributed by atoms with Crippen molar-refractivity contribution in [1.82, 2.24) is 9.97 Å². The Balaban J connectivity index is 2.52. The monoisotopic (exact) mass is 252 g/mol. The topological polar surface area (TPSA) is 64.2 Å². The lowest BCUT2D eigenvalue weighted by atomic mass is 9.95. The van der Waals surface area contributed by atoms with Gasteiger partial charge in [-0.2, -0.15) is 0 Å². The Bertz CT molecular complexity index is 469. The van der Waals surface area contributed by atoms with Gasteiger partial charge in [0.2, 0.25) is 0 Å². The van der Waals surface area contributed by atoms with Gasteiger partial charge in [-0.1, -0.05) is 13.8 Å². The van der Waals surface area contributed by atoms with E-state index >= 15 is 0 Å². The molecule has 5 heteroatoms.